The van der Waals surface area contributed by atoms with E-state index >= 15 is 0 Å². The first-order valence-electron chi connectivity index (χ1n) is 6.28. The number of rotatable bonds is 5. The van der Waals surface area contributed by atoms with Crippen LogP contribution in [-0.4, -0.2) is 34.0 Å². The molecule has 5 heteroatoms. The minimum absolute atomic E-state index is 0.0969. The Balaban J connectivity index is 2.02. The van der Waals surface area contributed by atoms with Gasteiger partial charge in [0.05, 0.1) is 6.54 Å². The Morgan fingerprint density at radius 2 is 2.05 bits per heavy atom. The zero-order valence-corrected chi connectivity index (χ0v) is 12.8. The van der Waals surface area contributed by atoms with Crippen LogP contribution < -0.4 is 5.32 Å². The van der Waals surface area contributed by atoms with Crippen LogP contribution in [0.5, 0.6) is 0 Å². The van der Waals surface area contributed by atoms with E-state index in [1.54, 1.807) is 16.7 Å². The van der Waals surface area contributed by atoms with Gasteiger partial charge < -0.3 is 5.32 Å². The number of benzene rings is 1. The summed E-state index contributed by atoms with van der Waals surface area (Å²) < 4.78 is 0. The lowest BCUT2D eigenvalue weighted by Crippen LogP contribution is -2.31. The molecular weight excluding hydrogens is 276 g/mol. The molecule has 1 aliphatic rings. The van der Waals surface area contributed by atoms with Gasteiger partial charge in [0, 0.05) is 0 Å². The molecule has 1 amide bonds. The van der Waals surface area contributed by atoms with Crippen molar-refractivity contribution in [1.29, 1.82) is 0 Å². The van der Waals surface area contributed by atoms with Gasteiger partial charge in [-0.05, 0) is 43.1 Å². The summed E-state index contributed by atoms with van der Waals surface area (Å²) in [5, 5.41) is 3.67. The van der Waals surface area contributed by atoms with Gasteiger partial charge >= 0.3 is 0 Å². The summed E-state index contributed by atoms with van der Waals surface area (Å²) in [5.74, 6) is 1.06. The van der Waals surface area contributed by atoms with Gasteiger partial charge in [-0.15, -0.1) is 0 Å². The van der Waals surface area contributed by atoms with Gasteiger partial charge in [-0.3, -0.25) is 9.69 Å². The van der Waals surface area contributed by atoms with Gasteiger partial charge in [0.1, 0.15) is 6.04 Å². The molecule has 0 unspecified atom stereocenters. The Bertz CT molecular complexity index is 473. The minimum Gasteiger partial charge on any atom is -0.350 e. The van der Waals surface area contributed by atoms with Crippen LogP contribution in [0.15, 0.2) is 24.3 Å². The Morgan fingerprint density at radius 3 is 2.68 bits per heavy atom. The first-order chi connectivity index (χ1) is 9.11. The van der Waals surface area contributed by atoms with E-state index in [2.05, 4.69) is 24.4 Å². The first-order valence-corrected chi connectivity index (χ1v) is 8.08. The van der Waals surface area contributed by atoms with E-state index < -0.39 is 0 Å². The molecule has 1 aromatic carbocycles. The van der Waals surface area contributed by atoms with E-state index in [9.17, 15) is 4.79 Å². The summed E-state index contributed by atoms with van der Waals surface area (Å²) >= 11 is 7.00. The topological polar surface area (TPSA) is 32.3 Å². The van der Waals surface area contributed by atoms with Crippen molar-refractivity contribution in [3.8, 4) is 0 Å². The molecule has 1 heterocycles. The monoisotopic (exact) mass is 294 g/mol. The molecule has 0 bridgehead atoms. The van der Waals surface area contributed by atoms with E-state index in [-0.39, 0.29) is 11.9 Å². The van der Waals surface area contributed by atoms with Crippen molar-refractivity contribution in [2.45, 2.75) is 25.9 Å². The molecule has 1 aliphatic heterocycles. The van der Waals surface area contributed by atoms with Crippen LogP contribution in [0.25, 0.3) is 0 Å². The Kier molecular flexibility index (Phi) is 4.82. The number of amides is 1. The molecular formula is C14H18N2OS2. The largest absolute Gasteiger partial charge is 0.350 e. The SMILES string of the molecule is CSCC[C@H]1NC(=S)N(Cc2ccc(C)cc2)C1=O. The fraction of sp³-hybridized carbons (Fsp3) is 0.429. The van der Waals surface area contributed by atoms with Gasteiger partial charge in [0.15, 0.2) is 5.11 Å². The van der Waals surface area contributed by atoms with Crippen molar-refractivity contribution >= 4 is 35.0 Å². The number of hydrogen-bond donors (Lipinski definition) is 1. The summed E-state index contributed by atoms with van der Waals surface area (Å²) in [6, 6.07) is 8.04. The Morgan fingerprint density at radius 1 is 1.37 bits per heavy atom. The molecule has 2 rings (SSSR count). The number of carbonyl (C=O) groups is 1. The molecule has 0 radical (unpaired) electrons. The maximum Gasteiger partial charge on any atom is 0.251 e. The van der Waals surface area contributed by atoms with Crippen molar-refractivity contribution in [2.24, 2.45) is 0 Å². The Hall–Kier alpha value is -1.07. The predicted molar refractivity (Wildman–Crippen MR) is 84.2 cm³/mol. The van der Waals surface area contributed by atoms with Crippen molar-refractivity contribution < 1.29 is 4.79 Å². The normalized spacial score (nSPS) is 18.8. The quantitative estimate of drug-likeness (QED) is 0.845. The van der Waals surface area contributed by atoms with Gasteiger partial charge in [-0.2, -0.15) is 11.8 Å². The maximum atomic E-state index is 12.3. The number of carbonyl (C=O) groups excluding carboxylic acids is 1. The number of nitrogens with zero attached hydrogens (tertiary/aromatic N) is 1. The van der Waals surface area contributed by atoms with E-state index in [0.29, 0.717) is 11.7 Å². The fourth-order valence-electron chi connectivity index (χ4n) is 2.03. The average molecular weight is 294 g/mol. The van der Waals surface area contributed by atoms with Crippen molar-refractivity contribution in [2.75, 3.05) is 12.0 Å². The van der Waals surface area contributed by atoms with Crippen LogP contribution in [0.4, 0.5) is 0 Å². The van der Waals surface area contributed by atoms with E-state index in [1.165, 1.54) is 5.56 Å². The summed E-state index contributed by atoms with van der Waals surface area (Å²) in [6.45, 7) is 2.61. The van der Waals surface area contributed by atoms with Crippen LogP contribution in [0.1, 0.15) is 17.5 Å². The molecule has 1 N–H and O–H groups in total. The van der Waals surface area contributed by atoms with E-state index in [1.807, 2.05) is 18.4 Å². The number of thiocarbonyl (C=S) groups is 1. The summed E-state index contributed by atoms with van der Waals surface area (Å²) in [5.41, 5.74) is 2.32. The van der Waals surface area contributed by atoms with Crippen molar-refractivity contribution in [3.63, 3.8) is 0 Å². The second-order valence-corrected chi connectivity index (χ2v) is 6.07. The number of nitrogens with one attached hydrogen (secondary N) is 1. The molecule has 102 valence electrons. The average Bonchev–Trinajstić information content (AvgIpc) is 2.66. The lowest BCUT2D eigenvalue weighted by molar-refractivity contribution is -0.127. The van der Waals surface area contributed by atoms with E-state index in [0.717, 1.165) is 17.7 Å². The third kappa shape index (κ3) is 3.48. The van der Waals surface area contributed by atoms with E-state index in [4.69, 9.17) is 12.2 Å². The number of hydrogen-bond acceptors (Lipinski definition) is 3. The number of thioether (sulfide) groups is 1. The molecule has 1 aromatic rings. The smallest absolute Gasteiger partial charge is 0.251 e. The highest BCUT2D eigenvalue weighted by Crippen LogP contribution is 2.15. The third-order valence-corrected chi connectivity index (χ3v) is 4.16. The lowest BCUT2D eigenvalue weighted by atomic mass is 10.1. The van der Waals surface area contributed by atoms with Crippen molar-refractivity contribution in [3.05, 3.63) is 35.4 Å². The second-order valence-electron chi connectivity index (χ2n) is 4.69. The van der Waals surface area contributed by atoms with Crippen LogP contribution >= 0.6 is 24.0 Å². The molecule has 1 fully saturated rings. The predicted octanol–water partition coefficient (Wildman–Crippen LogP) is 2.33. The number of aryl methyl sites for hydroxylation is 1. The summed E-state index contributed by atoms with van der Waals surface area (Å²) in [4.78, 5) is 13.9. The van der Waals surface area contributed by atoms with Gasteiger partial charge in [-0.1, -0.05) is 29.8 Å². The standard InChI is InChI=1S/C14H18N2OS2/c1-10-3-5-11(6-4-10)9-16-13(17)12(7-8-19-2)15-14(16)18/h3-6,12H,7-9H2,1-2H3,(H,15,18)/t12-/m1/s1. The van der Waals surface area contributed by atoms with Gasteiger partial charge in [-0.25, -0.2) is 0 Å². The fourth-order valence-corrected chi connectivity index (χ4v) is 2.80. The molecule has 0 aliphatic carbocycles. The molecule has 1 saturated heterocycles. The zero-order chi connectivity index (χ0) is 13.8. The van der Waals surface area contributed by atoms with Crippen LogP contribution in [0.3, 0.4) is 0 Å². The lowest BCUT2D eigenvalue weighted by Gasteiger charge is -2.15. The highest BCUT2D eigenvalue weighted by molar-refractivity contribution is 7.98. The highest BCUT2D eigenvalue weighted by atomic mass is 32.2. The third-order valence-electron chi connectivity index (χ3n) is 3.18. The second kappa shape index (κ2) is 6.39. The molecule has 3 nitrogen and oxygen atoms in total. The van der Waals surface area contributed by atoms with Crippen LogP contribution in [0.2, 0.25) is 0 Å². The summed E-state index contributed by atoms with van der Waals surface area (Å²) in [6.07, 6.45) is 2.87. The summed E-state index contributed by atoms with van der Waals surface area (Å²) in [7, 11) is 0. The maximum absolute atomic E-state index is 12.3. The molecule has 0 spiro atoms. The van der Waals surface area contributed by atoms with Crippen LogP contribution in [0, 0.1) is 6.92 Å². The molecule has 19 heavy (non-hydrogen) atoms. The molecule has 1 atom stereocenters. The van der Waals surface area contributed by atoms with Crippen molar-refractivity contribution in [1.82, 2.24) is 10.2 Å². The van der Waals surface area contributed by atoms with Gasteiger partial charge in [0.2, 0.25) is 0 Å². The zero-order valence-electron chi connectivity index (χ0n) is 11.2. The van der Waals surface area contributed by atoms with Gasteiger partial charge in [0.25, 0.3) is 5.91 Å². The molecule has 0 aromatic heterocycles. The molecule has 0 saturated carbocycles. The first kappa shape index (κ1) is 14.3. The minimum atomic E-state index is -0.148. The van der Waals surface area contributed by atoms with Crippen LogP contribution in [-0.2, 0) is 11.3 Å². The highest BCUT2D eigenvalue weighted by Gasteiger charge is 2.34. The Labute approximate surface area is 123 Å².